The van der Waals surface area contributed by atoms with E-state index in [1.165, 1.54) is 0 Å². The summed E-state index contributed by atoms with van der Waals surface area (Å²) in [6, 6.07) is 0. The molecule has 34 heavy (non-hydrogen) atoms. The molecule has 0 aliphatic heterocycles. The Kier molecular flexibility index (Phi) is 8.60. The van der Waals surface area contributed by atoms with E-state index in [0.29, 0.717) is 0 Å². The third-order valence-electron chi connectivity index (χ3n) is 5.63. The van der Waals surface area contributed by atoms with Crippen molar-refractivity contribution < 1.29 is 47.7 Å². The highest BCUT2D eigenvalue weighted by Crippen LogP contribution is 2.55. The predicted molar refractivity (Wildman–Crippen MR) is 116 cm³/mol. The predicted octanol–water partition coefficient (Wildman–Crippen LogP) is 1.66. The van der Waals surface area contributed by atoms with Crippen LogP contribution in [0.1, 0.15) is 55.4 Å². The number of hydrogen-bond donors (Lipinski definition) is 0. The van der Waals surface area contributed by atoms with Crippen LogP contribution in [0.3, 0.4) is 0 Å². The lowest BCUT2D eigenvalue weighted by atomic mass is 9.82. The fraction of sp³-hybridized carbons (Fsp3) is 0.750. The summed E-state index contributed by atoms with van der Waals surface area (Å²) in [5.74, 6) is -14.6. The minimum absolute atomic E-state index is 0.597. The first-order valence-corrected chi connectivity index (χ1v) is 11.6. The smallest absolute Gasteiger partial charge is 0.317 e. The number of ketones is 2. The lowest BCUT2D eigenvalue weighted by Gasteiger charge is -2.23. The zero-order chi connectivity index (χ0) is 26.1. The number of Topliss-reactive ketones (excluding diaryl/α,β-unsaturated/α-hetero) is 2. The van der Waals surface area contributed by atoms with Gasteiger partial charge in [-0.3, -0.25) is 28.8 Å². The summed E-state index contributed by atoms with van der Waals surface area (Å²) >= 11 is 0. The molecule has 2 rings (SSSR count). The van der Waals surface area contributed by atoms with Crippen LogP contribution < -0.4 is 0 Å². The van der Waals surface area contributed by atoms with Gasteiger partial charge >= 0.3 is 23.9 Å². The molecule has 2 saturated carbocycles. The Balaban J connectivity index is 2.67. The zero-order valence-corrected chi connectivity index (χ0v) is 20.9. The summed E-state index contributed by atoms with van der Waals surface area (Å²) in [7, 11) is 0. The van der Waals surface area contributed by atoms with Crippen molar-refractivity contribution in [1.82, 2.24) is 0 Å². The molecule has 0 amide bonds. The Bertz CT molecular complexity index is 722. The van der Waals surface area contributed by atoms with Gasteiger partial charge in [-0.2, -0.15) is 0 Å². The highest BCUT2D eigenvalue weighted by Gasteiger charge is 2.71. The molecule has 10 nitrogen and oxygen atoms in total. The van der Waals surface area contributed by atoms with Gasteiger partial charge in [0.2, 0.25) is 0 Å². The first kappa shape index (κ1) is 27.5. The summed E-state index contributed by atoms with van der Waals surface area (Å²) in [5, 5.41) is 0. The lowest BCUT2D eigenvalue weighted by Crippen LogP contribution is -2.41. The molecule has 0 aromatic rings. The first-order chi connectivity index (χ1) is 15.7. The van der Waals surface area contributed by atoms with E-state index in [9.17, 15) is 28.8 Å². The molecule has 0 heterocycles. The van der Waals surface area contributed by atoms with Gasteiger partial charge in [-0.1, -0.05) is 0 Å². The molecule has 0 aromatic carbocycles. The van der Waals surface area contributed by atoms with E-state index < -0.39 is 95.4 Å². The van der Waals surface area contributed by atoms with E-state index in [1.54, 1.807) is 55.4 Å². The van der Waals surface area contributed by atoms with E-state index in [4.69, 9.17) is 18.9 Å². The molecule has 190 valence electrons. The second-order valence-electron chi connectivity index (χ2n) is 9.81. The number of ether oxygens (including phenoxy) is 4. The molecule has 2 fully saturated rings. The van der Waals surface area contributed by atoms with Gasteiger partial charge < -0.3 is 18.9 Å². The van der Waals surface area contributed by atoms with Crippen LogP contribution in [-0.4, -0.2) is 59.9 Å². The quantitative estimate of drug-likeness (QED) is 0.285. The third kappa shape index (κ3) is 5.47. The highest BCUT2D eigenvalue weighted by molar-refractivity contribution is 6.18. The average molecular weight is 483 g/mol. The van der Waals surface area contributed by atoms with Crippen molar-refractivity contribution in [3.05, 3.63) is 0 Å². The molecule has 4 unspecified atom stereocenters. The molecule has 2 aliphatic rings. The molecule has 6 atom stereocenters. The van der Waals surface area contributed by atoms with Gasteiger partial charge in [-0.25, -0.2) is 0 Å². The molecule has 0 spiro atoms. The number of rotatable bonds is 8. The fourth-order valence-corrected chi connectivity index (χ4v) is 4.74. The summed E-state index contributed by atoms with van der Waals surface area (Å²) < 4.78 is 20.9. The average Bonchev–Trinajstić information content (AvgIpc) is 3.07. The molecule has 0 N–H and O–H groups in total. The van der Waals surface area contributed by atoms with Crippen LogP contribution in [-0.2, 0) is 47.7 Å². The van der Waals surface area contributed by atoms with Gasteiger partial charge in [0.25, 0.3) is 0 Å². The number of hydrogen-bond acceptors (Lipinski definition) is 10. The van der Waals surface area contributed by atoms with Crippen molar-refractivity contribution in [2.24, 2.45) is 35.5 Å². The molecule has 10 heteroatoms. The third-order valence-corrected chi connectivity index (χ3v) is 5.63. The van der Waals surface area contributed by atoms with Gasteiger partial charge in [-0.15, -0.1) is 0 Å². The number of carbonyl (C=O) groups excluding carboxylic acids is 6. The summed E-state index contributed by atoms with van der Waals surface area (Å²) in [6.07, 6.45) is -2.39. The van der Waals surface area contributed by atoms with E-state index in [0.717, 1.165) is 0 Å². The standard InChI is InChI=1S/C24H34O10/c1-9(2)31-21(27)15-13-14(17(19(15)25)23(29)33-11(5)6)18(24(30)34-12(7)8)20(26)16(13)22(28)32-10(3)4/h9-18H,1-8H3/t13?,14?,15-,16?,17+,18?. The van der Waals surface area contributed by atoms with Crippen molar-refractivity contribution in [3.63, 3.8) is 0 Å². The summed E-state index contributed by atoms with van der Waals surface area (Å²) in [4.78, 5) is 78.8. The fourth-order valence-electron chi connectivity index (χ4n) is 4.74. The van der Waals surface area contributed by atoms with Crippen LogP contribution in [0.4, 0.5) is 0 Å². The number of esters is 4. The minimum atomic E-state index is -1.61. The van der Waals surface area contributed by atoms with Crippen LogP contribution in [0.15, 0.2) is 0 Å². The molecule has 0 radical (unpaired) electrons. The van der Waals surface area contributed by atoms with E-state index in [1.807, 2.05) is 0 Å². The van der Waals surface area contributed by atoms with Crippen LogP contribution in [0.2, 0.25) is 0 Å². The van der Waals surface area contributed by atoms with Crippen LogP contribution in [0.5, 0.6) is 0 Å². The van der Waals surface area contributed by atoms with Gasteiger partial charge in [0, 0.05) is 11.8 Å². The molecular weight excluding hydrogens is 448 g/mol. The van der Waals surface area contributed by atoms with Gasteiger partial charge in [0.05, 0.1) is 24.4 Å². The van der Waals surface area contributed by atoms with Crippen LogP contribution >= 0.6 is 0 Å². The van der Waals surface area contributed by atoms with Crippen molar-refractivity contribution in [2.45, 2.75) is 79.8 Å². The second kappa shape index (κ2) is 10.7. The summed E-state index contributed by atoms with van der Waals surface area (Å²) in [5.41, 5.74) is 0. The van der Waals surface area contributed by atoms with Crippen LogP contribution in [0, 0.1) is 35.5 Å². The van der Waals surface area contributed by atoms with Crippen LogP contribution in [0.25, 0.3) is 0 Å². The van der Waals surface area contributed by atoms with Gasteiger partial charge in [0.15, 0.2) is 11.6 Å². The number of carbonyl (C=O) groups is 6. The Labute approximate surface area is 199 Å². The van der Waals surface area contributed by atoms with Gasteiger partial charge in [0.1, 0.15) is 23.7 Å². The SMILES string of the molecule is CC(C)OC(=O)C1C(=O)C(C(=O)OC(C)C)C2C1[C@H](C(=O)OC(C)C)C(=O)[C@@H]2C(=O)OC(C)C. The lowest BCUT2D eigenvalue weighted by molar-refractivity contribution is -0.161. The van der Waals surface area contributed by atoms with Gasteiger partial charge in [-0.05, 0) is 55.4 Å². The molecular formula is C24H34O10. The highest BCUT2D eigenvalue weighted by atomic mass is 16.6. The van der Waals surface area contributed by atoms with Crippen molar-refractivity contribution >= 4 is 35.4 Å². The van der Waals surface area contributed by atoms with Crippen molar-refractivity contribution in [3.8, 4) is 0 Å². The maximum atomic E-state index is 13.4. The molecule has 0 aromatic heterocycles. The van der Waals surface area contributed by atoms with E-state index in [2.05, 4.69) is 0 Å². The maximum absolute atomic E-state index is 13.4. The molecule has 2 aliphatic carbocycles. The molecule has 0 bridgehead atoms. The second-order valence-corrected chi connectivity index (χ2v) is 9.81. The molecule has 0 saturated heterocycles. The van der Waals surface area contributed by atoms with E-state index >= 15 is 0 Å². The zero-order valence-electron chi connectivity index (χ0n) is 20.9. The number of fused-ring (bicyclic) bond motifs is 1. The Morgan fingerprint density at radius 2 is 0.647 bits per heavy atom. The largest absolute Gasteiger partial charge is 0.462 e. The first-order valence-electron chi connectivity index (χ1n) is 11.6. The van der Waals surface area contributed by atoms with E-state index in [-0.39, 0.29) is 0 Å². The normalized spacial score (nSPS) is 28.5. The Morgan fingerprint density at radius 1 is 0.471 bits per heavy atom. The maximum Gasteiger partial charge on any atom is 0.317 e. The summed E-state index contributed by atoms with van der Waals surface area (Å²) in [6.45, 7) is 12.6. The van der Waals surface area contributed by atoms with Crippen molar-refractivity contribution in [1.29, 1.82) is 0 Å². The minimum Gasteiger partial charge on any atom is -0.462 e. The topological polar surface area (TPSA) is 139 Å². The Hall–Kier alpha value is -2.78. The Morgan fingerprint density at radius 3 is 0.794 bits per heavy atom. The van der Waals surface area contributed by atoms with Crippen molar-refractivity contribution in [2.75, 3.05) is 0 Å². The monoisotopic (exact) mass is 482 g/mol.